The van der Waals surface area contributed by atoms with Gasteiger partial charge in [-0.15, -0.1) is 0 Å². The number of ether oxygens (including phenoxy) is 1. The molecule has 11 nitrogen and oxygen atoms in total. The van der Waals surface area contributed by atoms with Crippen LogP contribution < -0.4 is 5.32 Å². The number of phosphoric ester groups is 1. The molecular weight excluding hydrogens is 806 g/mol. The second kappa shape index (κ2) is 44.0. The van der Waals surface area contributed by atoms with Crippen molar-refractivity contribution in [1.29, 1.82) is 0 Å². The molecule has 0 aromatic rings. The number of unbranched alkanes of at least 4 members (excludes halogenated alkanes) is 12. The second-order valence-electron chi connectivity index (χ2n) is 15.2. The van der Waals surface area contributed by atoms with Crippen molar-refractivity contribution in [3.63, 3.8) is 0 Å². The summed E-state index contributed by atoms with van der Waals surface area (Å²) in [5.41, 5.74) is 0. The molecule has 4 N–H and O–H groups in total. The van der Waals surface area contributed by atoms with Crippen LogP contribution >= 0.6 is 7.82 Å². The molecule has 1 amide bonds. The number of aliphatic carboxylic acids is 1. The number of aliphatic hydroxyl groups excluding tert-OH is 1. The first-order valence-electron chi connectivity index (χ1n) is 23.3. The molecule has 3 atom stereocenters. The van der Waals surface area contributed by atoms with Gasteiger partial charge in [0.1, 0.15) is 12.7 Å². The van der Waals surface area contributed by atoms with Crippen molar-refractivity contribution in [3.8, 4) is 0 Å². The Labute approximate surface area is 374 Å². The number of nitrogens with one attached hydrogen (secondary N) is 1. The van der Waals surface area contributed by atoms with Gasteiger partial charge in [0.2, 0.25) is 5.91 Å². The van der Waals surface area contributed by atoms with Gasteiger partial charge in [-0.25, -0.2) is 9.36 Å². The van der Waals surface area contributed by atoms with Crippen molar-refractivity contribution in [2.45, 2.75) is 180 Å². The van der Waals surface area contributed by atoms with Crippen LogP contribution in [0.2, 0.25) is 0 Å². The Balaban J connectivity index is 3.98. The van der Waals surface area contributed by atoms with Crippen LogP contribution in [0.1, 0.15) is 168 Å². The Morgan fingerprint density at radius 2 is 0.952 bits per heavy atom. The van der Waals surface area contributed by atoms with Crippen LogP contribution in [0.15, 0.2) is 97.2 Å². The highest BCUT2D eigenvalue weighted by atomic mass is 31.2. The van der Waals surface area contributed by atoms with Crippen LogP contribution in [0.25, 0.3) is 0 Å². The third kappa shape index (κ3) is 43.1. The lowest BCUT2D eigenvalue weighted by molar-refractivity contribution is -0.147. The molecule has 0 saturated carbocycles. The van der Waals surface area contributed by atoms with Gasteiger partial charge in [-0.05, 0) is 89.9 Å². The van der Waals surface area contributed by atoms with Crippen LogP contribution in [0, 0.1) is 0 Å². The third-order valence-electron chi connectivity index (χ3n) is 9.36. The number of allylic oxidation sites excluding steroid dienone is 16. The highest BCUT2D eigenvalue weighted by Crippen LogP contribution is 2.43. The predicted molar refractivity (Wildman–Crippen MR) is 254 cm³/mol. The van der Waals surface area contributed by atoms with Crippen LogP contribution in [-0.2, 0) is 32.7 Å². The molecule has 0 fully saturated rings. The summed E-state index contributed by atoms with van der Waals surface area (Å²) in [5.74, 6) is -2.46. The molecule has 0 aromatic heterocycles. The average Bonchev–Trinajstić information content (AvgIpc) is 3.25. The maximum absolute atomic E-state index is 12.3. The van der Waals surface area contributed by atoms with Crippen molar-refractivity contribution in [2.24, 2.45) is 0 Å². The van der Waals surface area contributed by atoms with Gasteiger partial charge in [0.25, 0.3) is 0 Å². The largest absolute Gasteiger partial charge is 0.480 e. The zero-order chi connectivity index (χ0) is 45.6. The third-order valence-corrected chi connectivity index (χ3v) is 10.3. The topological polar surface area (TPSA) is 169 Å². The Morgan fingerprint density at radius 1 is 0.532 bits per heavy atom. The number of aliphatic hydroxyl groups is 1. The zero-order valence-electron chi connectivity index (χ0n) is 38.1. The van der Waals surface area contributed by atoms with E-state index < -0.39 is 57.6 Å². The molecule has 0 rings (SSSR count). The first-order chi connectivity index (χ1) is 30.1. The normalized spacial score (nSPS) is 14.5. The Kier molecular flexibility index (Phi) is 41.5. The number of carbonyl (C=O) groups excluding carboxylic acids is 2. The molecule has 352 valence electrons. The van der Waals surface area contributed by atoms with E-state index >= 15 is 0 Å². The summed E-state index contributed by atoms with van der Waals surface area (Å²) in [6.07, 6.45) is 55.7. The molecule has 62 heavy (non-hydrogen) atoms. The standard InChI is InChI=1S/C50H82NO10P/c1-3-5-7-9-11-13-15-17-19-21-22-23-24-26-27-29-31-33-35-37-39-41-48(53)51-47(50(55)56)45-61-62(57,58)60-44-46(52)43-59-49(54)42-40-38-36-34-32-30-28-25-20-18-16-14-12-10-8-6-4-2/h6,8,11-14,17-20,22-23,28,30,34,36,46-47,52H,3-5,7,9-10,15-16,21,24-27,29,31-33,35,37-45H2,1-2H3,(H,51,53)(H,55,56)(H,57,58)/b8-6-,13-11-,14-12-,19-17-,20-18-,23-22-,30-28-,36-34-. The Hall–Kier alpha value is -3.60. The van der Waals surface area contributed by atoms with Gasteiger partial charge >= 0.3 is 19.8 Å². The van der Waals surface area contributed by atoms with Crippen LogP contribution in [-0.4, -0.2) is 64.9 Å². The molecular formula is C50H82NO10P. The van der Waals surface area contributed by atoms with Crippen molar-refractivity contribution in [2.75, 3.05) is 19.8 Å². The molecule has 0 heterocycles. The molecule has 0 spiro atoms. The van der Waals surface area contributed by atoms with Crippen molar-refractivity contribution in [3.05, 3.63) is 97.2 Å². The van der Waals surface area contributed by atoms with E-state index in [9.17, 15) is 34.1 Å². The van der Waals surface area contributed by atoms with E-state index in [1.165, 1.54) is 44.9 Å². The molecule has 0 saturated heterocycles. The molecule has 0 aliphatic heterocycles. The summed E-state index contributed by atoms with van der Waals surface area (Å²) in [6, 6.07) is -1.56. The smallest absolute Gasteiger partial charge is 0.472 e. The van der Waals surface area contributed by atoms with E-state index in [1.807, 2.05) is 12.2 Å². The maximum atomic E-state index is 12.3. The van der Waals surface area contributed by atoms with Crippen molar-refractivity contribution < 1.29 is 47.8 Å². The van der Waals surface area contributed by atoms with Crippen LogP contribution in [0.3, 0.4) is 0 Å². The highest BCUT2D eigenvalue weighted by Gasteiger charge is 2.28. The Bertz CT molecular complexity index is 1410. The van der Waals surface area contributed by atoms with E-state index in [-0.39, 0.29) is 12.8 Å². The van der Waals surface area contributed by atoms with Crippen molar-refractivity contribution >= 4 is 25.7 Å². The summed E-state index contributed by atoms with van der Waals surface area (Å²) in [7, 11) is -4.78. The van der Waals surface area contributed by atoms with Crippen molar-refractivity contribution in [1.82, 2.24) is 5.32 Å². The monoisotopic (exact) mass is 888 g/mol. The molecule has 0 aliphatic rings. The fourth-order valence-electron chi connectivity index (χ4n) is 5.77. The predicted octanol–water partition coefficient (Wildman–Crippen LogP) is 12.4. The van der Waals surface area contributed by atoms with E-state index in [0.29, 0.717) is 19.3 Å². The lowest BCUT2D eigenvalue weighted by Crippen LogP contribution is -2.43. The summed E-state index contributed by atoms with van der Waals surface area (Å²) >= 11 is 0. The quantitative estimate of drug-likeness (QED) is 0.0200. The SMILES string of the molecule is CC/C=C\C/C=C\C/C=C\C/C=C\C/C=C\CCCC(=O)OCC(O)COP(=O)(O)OCC(NC(=O)CCCCCCCCCC/C=C\C/C=C\C/C=C\CCCCC)C(=O)O. The van der Waals surface area contributed by atoms with Gasteiger partial charge in [0, 0.05) is 12.8 Å². The number of carbonyl (C=O) groups is 3. The summed E-state index contributed by atoms with van der Waals surface area (Å²) < 4.78 is 26.8. The first-order valence-corrected chi connectivity index (χ1v) is 24.8. The van der Waals surface area contributed by atoms with E-state index in [2.05, 4.69) is 104 Å². The average molecular weight is 888 g/mol. The van der Waals surface area contributed by atoms with Gasteiger partial charge in [-0.2, -0.15) is 0 Å². The van der Waals surface area contributed by atoms with Crippen LogP contribution in [0.4, 0.5) is 0 Å². The van der Waals surface area contributed by atoms with Gasteiger partial charge in [-0.1, -0.05) is 162 Å². The number of hydrogen-bond acceptors (Lipinski definition) is 8. The minimum atomic E-state index is -4.78. The fourth-order valence-corrected chi connectivity index (χ4v) is 6.54. The second-order valence-corrected chi connectivity index (χ2v) is 16.7. The maximum Gasteiger partial charge on any atom is 0.472 e. The summed E-state index contributed by atoms with van der Waals surface area (Å²) in [4.78, 5) is 46.0. The zero-order valence-corrected chi connectivity index (χ0v) is 39.0. The summed E-state index contributed by atoms with van der Waals surface area (Å²) in [5, 5.41) is 21.9. The molecule has 0 aliphatic carbocycles. The molecule has 0 bridgehead atoms. The number of rotatable bonds is 42. The van der Waals surface area contributed by atoms with Gasteiger partial charge < -0.3 is 25.2 Å². The van der Waals surface area contributed by atoms with E-state index in [1.54, 1.807) is 0 Å². The minimum Gasteiger partial charge on any atom is -0.480 e. The number of carboxylic acids is 1. The van der Waals surface area contributed by atoms with E-state index in [4.69, 9.17) is 13.8 Å². The first kappa shape index (κ1) is 58.4. The Morgan fingerprint density at radius 3 is 1.44 bits per heavy atom. The molecule has 0 aromatic carbocycles. The van der Waals surface area contributed by atoms with Gasteiger partial charge in [0.05, 0.1) is 13.2 Å². The number of carboxylic acid groups (broad SMARTS) is 1. The van der Waals surface area contributed by atoms with E-state index in [0.717, 1.165) is 77.0 Å². The molecule has 0 radical (unpaired) electrons. The molecule has 3 unspecified atom stereocenters. The number of hydrogen-bond donors (Lipinski definition) is 4. The molecule has 12 heteroatoms. The number of amides is 1. The highest BCUT2D eigenvalue weighted by molar-refractivity contribution is 7.47. The number of phosphoric acid groups is 1. The number of esters is 1. The fraction of sp³-hybridized carbons (Fsp3) is 0.620. The lowest BCUT2D eigenvalue weighted by atomic mass is 10.1. The summed E-state index contributed by atoms with van der Waals surface area (Å²) in [6.45, 7) is 2.38. The van der Waals surface area contributed by atoms with Gasteiger partial charge in [-0.3, -0.25) is 18.6 Å². The van der Waals surface area contributed by atoms with Gasteiger partial charge in [0.15, 0.2) is 6.04 Å². The minimum absolute atomic E-state index is 0.128. The lowest BCUT2D eigenvalue weighted by Gasteiger charge is -2.18. The van der Waals surface area contributed by atoms with Crippen LogP contribution in [0.5, 0.6) is 0 Å².